The number of aromatic nitrogens is 1. The molecule has 0 aliphatic rings. The molecule has 130 valence electrons. The molecule has 6 heteroatoms. The van der Waals surface area contributed by atoms with Gasteiger partial charge in [-0.1, -0.05) is 42.5 Å². The van der Waals surface area contributed by atoms with Crippen LogP contribution in [0, 0.1) is 0 Å². The highest BCUT2D eigenvalue weighted by Crippen LogP contribution is 2.18. The second kappa shape index (κ2) is 8.73. The van der Waals surface area contributed by atoms with Crippen LogP contribution in [-0.4, -0.2) is 16.0 Å². The first-order valence-corrected chi connectivity index (χ1v) is 8.42. The summed E-state index contributed by atoms with van der Waals surface area (Å²) < 4.78 is 5.78. The van der Waals surface area contributed by atoms with E-state index >= 15 is 0 Å². The lowest BCUT2D eigenvalue weighted by molar-refractivity contribution is 0.0973. The standard InChI is InChI=1S/C20H17N3O2S/c24-19(18-11-4-5-12-21-18)23-20(26)22-16-9-6-10-17(13-16)25-14-15-7-2-1-3-8-15/h1-13H,14H2,(H2,22,23,24,26). The maximum Gasteiger partial charge on any atom is 0.275 e. The molecule has 0 aliphatic heterocycles. The fourth-order valence-electron chi connectivity index (χ4n) is 2.23. The zero-order valence-electron chi connectivity index (χ0n) is 13.9. The second-order valence-electron chi connectivity index (χ2n) is 5.43. The Hall–Kier alpha value is -3.25. The molecule has 0 spiro atoms. The average molecular weight is 363 g/mol. The minimum absolute atomic E-state index is 0.195. The molecule has 1 aromatic heterocycles. The molecule has 0 fully saturated rings. The summed E-state index contributed by atoms with van der Waals surface area (Å²) in [7, 11) is 0. The molecule has 3 rings (SSSR count). The largest absolute Gasteiger partial charge is 0.489 e. The number of carbonyl (C=O) groups is 1. The predicted molar refractivity (Wildman–Crippen MR) is 105 cm³/mol. The molecule has 0 radical (unpaired) electrons. The number of thiocarbonyl (C=S) groups is 1. The molecular formula is C20H17N3O2S. The van der Waals surface area contributed by atoms with E-state index in [1.165, 1.54) is 0 Å². The third-order valence-corrected chi connectivity index (χ3v) is 3.67. The Kier molecular flexibility index (Phi) is 5.90. The molecule has 26 heavy (non-hydrogen) atoms. The molecule has 2 aromatic carbocycles. The van der Waals surface area contributed by atoms with Crippen molar-refractivity contribution in [3.8, 4) is 5.75 Å². The van der Waals surface area contributed by atoms with Gasteiger partial charge in [-0.3, -0.25) is 15.1 Å². The van der Waals surface area contributed by atoms with Gasteiger partial charge in [-0.15, -0.1) is 0 Å². The van der Waals surface area contributed by atoms with Crippen molar-refractivity contribution in [1.82, 2.24) is 10.3 Å². The van der Waals surface area contributed by atoms with Crippen LogP contribution in [0.2, 0.25) is 0 Å². The van der Waals surface area contributed by atoms with Gasteiger partial charge in [0, 0.05) is 18.0 Å². The number of pyridine rings is 1. The van der Waals surface area contributed by atoms with Crippen LogP contribution in [0.25, 0.3) is 0 Å². The minimum Gasteiger partial charge on any atom is -0.489 e. The lowest BCUT2D eigenvalue weighted by atomic mass is 10.2. The van der Waals surface area contributed by atoms with Crippen molar-refractivity contribution in [2.24, 2.45) is 0 Å². The first kappa shape index (κ1) is 17.6. The van der Waals surface area contributed by atoms with Gasteiger partial charge < -0.3 is 10.1 Å². The summed E-state index contributed by atoms with van der Waals surface area (Å²) >= 11 is 5.19. The highest BCUT2D eigenvalue weighted by Gasteiger charge is 2.08. The Balaban J connectivity index is 1.56. The molecule has 2 N–H and O–H groups in total. The number of rotatable bonds is 5. The van der Waals surface area contributed by atoms with Crippen LogP contribution < -0.4 is 15.4 Å². The van der Waals surface area contributed by atoms with Crippen LogP contribution in [0.4, 0.5) is 5.69 Å². The van der Waals surface area contributed by atoms with E-state index in [2.05, 4.69) is 15.6 Å². The highest BCUT2D eigenvalue weighted by atomic mass is 32.1. The van der Waals surface area contributed by atoms with E-state index < -0.39 is 0 Å². The normalized spacial score (nSPS) is 10.0. The van der Waals surface area contributed by atoms with E-state index in [-0.39, 0.29) is 11.0 Å². The maximum atomic E-state index is 12.0. The monoisotopic (exact) mass is 363 g/mol. The smallest absolute Gasteiger partial charge is 0.275 e. The molecule has 1 amide bonds. The Morgan fingerprint density at radius 1 is 1.00 bits per heavy atom. The number of hydrogen-bond donors (Lipinski definition) is 2. The SMILES string of the molecule is O=C(NC(=S)Nc1cccc(OCc2ccccc2)c1)c1ccccn1. The quantitative estimate of drug-likeness (QED) is 0.676. The van der Waals surface area contributed by atoms with Gasteiger partial charge in [0.05, 0.1) is 0 Å². The number of hydrogen-bond acceptors (Lipinski definition) is 4. The van der Waals surface area contributed by atoms with Gasteiger partial charge in [0.1, 0.15) is 18.1 Å². The lowest BCUT2D eigenvalue weighted by Crippen LogP contribution is -2.34. The van der Waals surface area contributed by atoms with Crippen LogP contribution >= 0.6 is 12.2 Å². The van der Waals surface area contributed by atoms with Gasteiger partial charge in [0.25, 0.3) is 5.91 Å². The third-order valence-electron chi connectivity index (χ3n) is 3.46. The van der Waals surface area contributed by atoms with Gasteiger partial charge >= 0.3 is 0 Å². The molecule has 1 heterocycles. The van der Waals surface area contributed by atoms with Crippen LogP contribution in [0.3, 0.4) is 0 Å². The van der Waals surface area contributed by atoms with E-state index in [1.807, 2.05) is 54.6 Å². The lowest BCUT2D eigenvalue weighted by Gasteiger charge is -2.11. The molecule has 3 aromatic rings. The van der Waals surface area contributed by atoms with Crippen LogP contribution in [0.5, 0.6) is 5.75 Å². The van der Waals surface area contributed by atoms with Crippen molar-refractivity contribution in [3.63, 3.8) is 0 Å². The van der Waals surface area contributed by atoms with Crippen molar-refractivity contribution in [2.75, 3.05) is 5.32 Å². The summed E-state index contributed by atoms with van der Waals surface area (Å²) in [5.41, 5.74) is 2.11. The molecule has 0 aliphatic carbocycles. The summed E-state index contributed by atoms with van der Waals surface area (Å²) in [5, 5.41) is 5.77. The predicted octanol–water partition coefficient (Wildman–Crippen LogP) is 3.79. The van der Waals surface area contributed by atoms with Gasteiger partial charge in [-0.25, -0.2) is 0 Å². The van der Waals surface area contributed by atoms with Crippen molar-refractivity contribution in [3.05, 3.63) is 90.3 Å². The molecule has 5 nitrogen and oxygen atoms in total. The van der Waals surface area contributed by atoms with Gasteiger partial charge in [0.15, 0.2) is 5.11 Å². The first-order chi connectivity index (χ1) is 12.7. The van der Waals surface area contributed by atoms with Crippen molar-refractivity contribution in [1.29, 1.82) is 0 Å². The fraction of sp³-hybridized carbons (Fsp3) is 0.0500. The van der Waals surface area contributed by atoms with Crippen LogP contribution in [0.15, 0.2) is 79.0 Å². The topological polar surface area (TPSA) is 63.2 Å². The van der Waals surface area contributed by atoms with E-state index in [0.717, 1.165) is 11.3 Å². The molecule has 0 unspecified atom stereocenters. The fourth-order valence-corrected chi connectivity index (χ4v) is 2.44. The summed E-state index contributed by atoms with van der Waals surface area (Å²) in [6.07, 6.45) is 1.55. The minimum atomic E-state index is -0.361. The number of nitrogens with one attached hydrogen (secondary N) is 2. The number of nitrogens with zero attached hydrogens (tertiary/aromatic N) is 1. The molecule has 0 saturated heterocycles. The van der Waals surface area contributed by atoms with Crippen molar-refractivity contribution in [2.45, 2.75) is 6.61 Å². The Bertz CT molecular complexity index is 886. The molecule has 0 bridgehead atoms. The van der Waals surface area contributed by atoms with Crippen molar-refractivity contribution < 1.29 is 9.53 Å². The zero-order chi connectivity index (χ0) is 18.2. The second-order valence-corrected chi connectivity index (χ2v) is 5.83. The summed E-state index contributed by atoms with van der Waals surface area (Å²) in [6, 6.07) is 22.4. The molecule has 0 atom stereocenters. The van der Waals surface area contributed by atoms with E-state index in [0.29, 0.717) is 18.1 Å². The third kappa shape index (κ3) is 5.12. The highest BCUT2D eigenvalue weighted by molar-refractivity contribution is 7.80. The Morgan fingerprint density at radius 3 is 2.58 bits per heavy atom. The van der Waals surface area contributed by atoms with Crippen molar-refractivity contribution >= 4 is 28.9 Å². The number of carbonyl (C=O) groups excluding carboxylic acids is 1. The van der Waals surface area contributed by atoms with Gasteiger partial charge in [-0.05, 0) is 42.0 Å². The van der Waals surface area contributed by atoms with E-state index in [4.69, 9.17) is 17.0 Å². The summed E-state index contributed by atoms with van der Waals surface area (Å²) in [6.45, 7) is 0.477. The Labute approximate surface area is 157 Å². The number of amides is 1. The van der Waals surface area contributed by atoms with Gasteiger partial charge in [-0.2, -0.15) is 0 Å². The molecular weight excluding hydrogens is 346 g/mol. The summed E-state index contributed by atoms with van der Waals surface area (Å²) in [4.78, 5) is 16.0. The van der Waals surface area contributed by atoms with E-state index in [9.17, 15) is 4.79 Å². The first-order valence-electron chi connectivity index (χ1n) is 8.01. The van der Waals surface area contributed by atoms with Crippen LogP contribution in [-0.2, 0) is 6.61 Å². The van der Waals surface area contributed by atoms with Gasteiger partial charge in [0.2, 0.25) is 0 Å². The summed E-state index contributed by atoms with van der Waals surface area (Å²) in [5.74, 6) is 0.345. The number of ether oxygens (including phenoxy) is 1. The molecule has 0 saturated carbocycles. The Morgan fingerprint density at radius 2 is 1.81 bits per heavy atom. The van der Waals surface area contributed by atoms with E-state index in [1.54, 1.807) is 24.4 Å². The zero-order valence-corrected chi connectivity index (χ0v) is 14.7. The van der Waals surface area contributed by atoms with Crippen LogP contribution in [0.1, 0.15) is 16.1 Å². The number of anilines is 1. The maximum absolute atomic E-state index is 12.0. The average Bonchev–Trinajstić information content (AvgIpc) is 2.68. The number of benzene rings is 2.